The summed E-state index contributed by atoms with van der Waals surface area (Å²) in [5.74, 6) is 0.216. The van der Waals surface area contributed by atoms with Gasteiger partial charge in [-0.15, -0.1) is 0 Å². The van der Waals surface area contributed by atoms with Gasteiger partial charge in [-0.1, -0.05) is 29.5 Å². The van der Waals surface area contributed by atoms with Gasteiger partial charge in [-0.05, 0) is 63.8 Å². The Kier molecular flexibility index (Phi) is 6.59. The highest BCUT2D eigenvalue weighted by Gasteiger charge is 2.20. The summed E-state index contributed by atoms with van der Waals surface area (Å²) < 4.78 is 20.0. The number of aromatic nitrogens is 1. The molecule has 0 bridgehead atoms. The van der Waals surface area contributed by atoms with Crippen molar-refractivity contribution in [3.05, 3.63) is 53.8 Å². The number of amides is 1. The van der Waals surface area contributed by atoms with Gasteiger partial charge in [0.1, 0.15) is 11.6 Å². The minimum absolute atomic E-state index is 0.0723. The number of rotatable bonds is 8. The van der Waals surface area contributed by atoms with Crippen LogP contribution in [0.1, 0.15) is 12.0 Å². The van der Waals surface area contributed by atoms with Gasteiger partial charge < -0.3 is 9.64 Å². The average molecular weight is 402 g/mol. The Morgan fingerprint density at radius 1 is 1.18 bits per heavy atom. The zero-order chi connectivity index (χ0) is 20.1. The van der Waals surface area contributed by atoms with Crippen molar-refractivity contribution in [2.75, 3.05) is 38.7 Å². The summed E-state index contributed by atoms with van der Waals surface area (Å²) in [6.07, 6.45) is 0.799. The minimum Gasteiger partial charge on any atom is -0.483 e. The SMILES string of the molecule is Cc1ccccc1OCC(=O)N(CCCN(C)C)c1nc2ccc(F)cc2s1. The van der Waals surface area contributed by atoms with Crippen molar-refractivity contribution in [1.29, 1.82) is 0 Å². The van der Waals surface area contributed by atoms with Gasteiger partial charge in [0.25, 0.3) is 5.91 Å². The van der Waals surface area contributed by atoms with Crippen LogP contribution in [0.2, 0.25) is 0 Å². The number of anilines is 1. The van der Waals surface area contributed by atoms with Crippen LogP contribution in [0.15, 0.2) is 42.5 Å². The van der Waals surface area contributed by atoms with Crippen molar-refractivity contribution in [2.45, 2.75) is 13.3 Å². The quantitative estimate of drug-likeness (QED) is 0.570. The van der Waals surface area contributed by atoms with Crippen LogP contribution >= 0.6 is 11.3 Å². The summed E-state index contributed by atoms with van der Waals surface area (Å²) >= 11 is 1.32. The largest absolute Gasteiger partial charge is 0.483 e. The predicted octanol–water partition coefficient (Wildman–Crippen LogP) is 4.11. The average Bonchev–Trinajstić information content (AvgIpc) is 3.06. The molecule has 5 nitrogen and oxygen atoms in total. The molecule has 0 unspecified atom stereocenters. The summed E-state index contributed by atoms with van der Waals surface area (Å²) in [6, 6.07) is 12.1. The van der Waals surface area contributed by atoms with E-state index < -0.39 is 0 Å². The molecule has 1 amide bonds. The van der Waals surface area contributed by atoms with E-state index in [0.29, 0.717) is 22.9 Å². The molecule has 0 atom stereocenters. The number of halogens is 1. The van der Waals surface area contributed by atoms with Crippen molar-refractivity contribution in [3.8, 4) is 5.75 Å². The van der Waals surface area contributed by atoms with E-state index in [1.165, 1.54) is 23.5 Å². The number of thiazole rings is 1. The number of aryl methyl sites for hydroxylation is 1. The third-order valence-corrected chi connectivity index (χ3v) is 5.34. The minimum atomic E-state index is -0.309. The first-order chi connectivity index (χ1) is 13.4. The van der Waals surface area contributed by atoms with Crippen LogP contribution in [-0.4, -0.2) is 49.6 Å². The molecule has 28 heavy (non-hydrogen) atoms. The highest BCUT2D eigenvalue weighted by atomic mass is 32.1. The van der Waals surface area contributed by atoms with E-state index in [2.05, 4.69) is 9.88 Å². The number of carbonyl (C=O) groups is 1. The van der Waals surface area contributed by atoms with Crippen LogP contribution in [0, 0.1) is 12.7 Å². The first-order valence-electron chi connectivity index (χ1n) is 9.13. The number of ether oxygens (including phenoxy) is 1. The molecule has 0 saturated carbocycles. The molecule has 0 aliphatic rings. The maximum absolute atomic E-state index is 13.5. The van der Waals surface area contributed by atoms with Gasteiger partial charge in [-0.2, -0.15) is 0 Å². The summed E-state index contributed by atoms with van der Waals surface area (Å²) in [4.78, 5) is 21.2. The first kappa shape index (κ1) is 20.2. The molecule has 2 aromatic carbocycles. The second-order valence-corrected chi connectivity index (χ2v) is 7.87. The number of fused-ring (bicyclic) bond motifs is 1. The molecule has 1 aromatic heterocycles. The van der Waals surface area contributed by atoms with E-state index in [4.69, 9.17) is 4.74 Å². The zero-order valence-corrected chi connectivity index (χ0v) is 17.1. The maximum Gasteiger partial charge on any atom is 0.266 e. The molecular formula is C21H24FN3O2S. The van der Waals surface area contributed by atoms with Gasteiger partial charge in [-0.25, -0.2) is 9.37 Å². The summed E-state index contributed by atoms with van der Waals surface area (Å²) in [5, 5.41) is 0.567. The summed E-state index contributed by atoms with van der Waals surface area (Å²) in [6.45, 7) is 3.24. The Hall–Kier alpha value is -2.51. The highest BCUT2D eigenvalue weighted by Crippen LogP contribution is 2.29. The lowest BCUT2D eigenvalue weighted by Crippen LogP contribution is -2.36. The zero-order valence-electron chi connectivity index (χ0n) is 16.3. The van der Waals surface area contributed by atoms with Gasteiger partial charge in [0.2, 0.25) is 0 Å². The highest BCUT2D eigenvalue weighted by molar-refractivity contribution is 7.22. The monoisotopic (exact) mass is 401 g/mol. The second-order valence-electron chi connectivity index (χ2n) is 6.86. The molecule has 1 heterocycles. The van der Waals surface area contributed by atoms with E-state index in [9.17, 15) is 9.18 Å². The lowest BCUT2D eigenvalue weighted by Gasteiger charge is -2.21. The number of carbonyl (C=O) groups excluding carboxylic acids is 1. The van der Waals surface area contributed by atoms with Crippen molar-refractivity contribution < 1.29 is 13.9 Å². The van der Waals surface area contributed by atoms with Crippen LogP contribution in [-0.2, 0) is 4.79 Å². The predicted molar refractivity (Wildman–Crippen MR) is 112 cm³/mol. The van der Waals surface area contributed by atoms with E-state index in [0.717, 1.165) is 23.2 Å². The molecule has 0 fully saturated rings. The van der Waals surface area contributed by atoms with Crippen LogP contribution in [0.3, 0.4) is 0 Å². The van der Waals surface area contributed by atoms with Gasteiger partial charge in [0.15, 0.2) is 11.7 Å². The normalized spacial score (nSPS) is 11.2. The Balaban J connectivity index is 1.78. The first-order valence-corrected chi connectivity index (χ1v) is 9.95. The molecule has 0 aliphatic heterocycles. The van der Waals surface area contributed by atoms with Crippen LogP contribution in [0.4, 0.5) is 9.52 Å². The Morgan fingerprint density at radius 3 is 2.71 bits per heavy atom. The third-order valence-electron chi connectivity index (χ3n) is 4.30. The van der Waals surface area contributed by atoms with Crippen molar-refractivity contribution in [2.24, 2.45) is 0 Å². The molecule has 3 rings (SSSR count). The number of benzene rings is 2. The summed E-state index contributed by atoms with van der Waals surface area (Å²) in [7, 11) is 3.99. The molecule has 148 valence electrons. The molecule has 0 saturated heterocycles. The van der Waals surface area contributed by atoms with E-state index in [1.807, 2.05) is 45.3 Å². The fraction of sp³-hybridized carbons (Fsp3) is 0.333. The van der Waals surface area contributed by atoms with Crippen molar-refractivity contribution in [3.63, 3.8) is 0 Å². The topological polar surface area (TPSA) is 45.7 Å². The second kappa shape index (κ2) is 9.12. The van der Waals surface area contributed by atoms with Gasteiger partial charge >= 0.3 is 0 Å². The third kappa shape index (κ3) is 5.05. The smallest absolute Gasteiger partial charge is 0.266 e. The van der Waals surface area contributed by atoms with E-state index in [-0.39, 0.29) is 18.3 Å². The van der Waals surface area contributed by atoms with E-state index in [1.54, 1.807) is 11.0 Å². The van der Waals surface area contributed by atoms with Crippen LogP contribution in [0.5, 0.6) is 5.75 Å². The number of hydrogen-bond acceptors (Lipinski definition) is 5. The maximum atomic E-state index is 13.5. The van der Waals surface area contributed by atoms with Crippen molar-refractivity contribution >= 4 is 32.6 Å². The Morgan fingerprint density at radius 2 is 1.96 bits per heavy atom. The van der Waals surface area contributed by atoms with Crippen molar-refractivity contribution in [1.82, 2.24) is 9.88 Å². The molecule has 0 radical (unpaired) electrons. The number of hydrogen-bond donors (Lipinski definition) is 0. The van der Waals surface area contributed by atoms with Gasteiger partial charge in [0, 0.05) is 6.54 Å². The molecule has 0 aliphatic carbocycles. The van der Waals surface area contributed by atoms with Gasteiger partial charge in [0.05, 0.1) is 10.2 Å². The van der Waals surface area contributed by atoms with Crippen LogP contribution in [0.25, 0.3) is 10.2 Å². The molecule has 3 aromatic rings. The molecular weight excluding hydrogens is 377 g/mol. The molecule has 7 heteroatoms. The lowest BCUT2D eigenvalue weighted by molar-refractivity contribution is -0.120. The fourth-order valence-corrected chi connectivity index (χ4v) is 3.84. The van der Waals surface area contributed by atoms with Crippen LogP contribution < -0.4 is 9.64 Å². The summed E-state index contributed by atoms with van der Waals surface area (Å²) in [5.41, 5.74) is 1.66. The number of nitrogens with zero attached hydrogens (tertiary/aromatic N) is 3. The standard InChI is InChI=1S/C21H24FN3O2S/c1-15-7-4-5-8-18(15)27-14-20(26)25(12-6-11-24(2)3)21-23-17-10-9-16(22)13-19(17)28-21/h4-5,7-10,13H,6,11-12,14H2,1-3H3. The Bertz CT molecular complexity index is 958. The lowest BCUT2D eigenvalue weighted by atomic mass is 10.2. The van der Waals surface area contributed by atoms with Gasteiger partial charge in [-0.3, -0.25) is 9.69 Å². The Labute approximate surface area is 168 Å². The molecule has 0 N–H and O–H groups in total. The van der Waals surface area contributed by atoms with E-state index >= 15 is 0 Å². The fourth-order valence-electron chi connectivity index (χ4n) is 2.81. The molecule has 0 spiro atoms. The number of para-hydroxylation sites is 1.